The highest BCUT2D eigenvalue weighted by molar-refractivity contribution is 6.05. The SMILES string of the molecule is CC(C)(C)NC(=O)C1=Cn2c(=O)c(C(=O)NCCO)c(O)c3ncc(Cc4ccc(F)cc4)c(c32)O1.CCOC(=O)c1c(OCc2ccccc2)c2ncc(Cc3ccc(F)cc3)c3c2n(c1=O)C=C(C(=O)O)O3. The summed E-state index contributed by atoms with van der Waals surface area (Å²) in [7, 11) is 0. The highest BCUT2D eigenvalue weighted by Crippen LogP contribution is 2.40. The van der Waals surface area contributed by atoms with E-state index in [1.54, 1.807) is 52.0 Å². The zero-order chi connectivity index (χ0) is 53.0. The van der Waals surface area contributed by atoms with E-state index in [9.17, 15) is 47.8 Å². The van der Waals surface area contributed by atoms with E-state index in [4.69, 9.17) is 24.1 Å². The lowest BCUT2D eigenvalue weighted by molar-refractivity contribution is -0.135. The molecule has 0 aliphatic carbocycles. The number of ether oxygens (including phenoxy) is 4. The van der Waals surface area contributed by atoms with Gasteiger partial charge in [0.05, 0.1) is 25.6 Å². The fourth-order valence-electron chi connectivity index (χ4n) is 7.91. The number of rotatable bonds is 14. The first-order valence-electron chi connectivity index (χ1n) is 22.8. The second-order valence-corrected chi connectivity index (χ2v) is 17.7. The number of pyridine rings is 4. The zero-order valence-corrected chi connectivity index (χ0v) is 40.0. The number of hydrogen-bond donors (Lipinski definition) is 5. The zero-order valence-electron chi connectivity index (χ0n) is 40.0. The minimum absolute atomic E-state index is 0.00302. The molecule has 0 bridgehead atoms. The van der Waals surface area contributed by atoms with Crippen LogP contribution >= 0.6 is 0 Å². The van der Waals surface area contributed by atoms with Crippen LogP contribution in [0.5, 0.6) is 23.0 Å². The first kappa shape index (κ1) is 51.1. The molecule has 21 heteroatoms. The van der Waals surface area contributed by atoms with E-state index in [2.05, 4.69) is 20.6 Å². The number of nitrogens with zero attached hydrogens (tertiary/aromatic N) is 4. The number of nitrogens with one attached hydrogen (secondary N) is 2. The van der Waals surface area contributed by atoms with Gasteiger partial charge in [-0.1, -0.05) is 54.6 Å². The molecule has 0 saturated carbocycles. The number of aliphatic hydroxyl groups is 1. The summed E-state index contributed by atoms with van der Waals surface area (Å²) < 4.78 is 51.7. The molecule has 74 heavy (non-hydrogen) atoms. The predicted molar refractivity (Wildman–Crippen MR) is 264 cm³/mol. The summed E-state index contributed by atoms with van der Waals surface area (Å²) in [5.41, 5.74) is -0.0145. The van der Waals surface area contributed by atoms with Crippen molar-refractivity contribution in [2.45, 2.75) is 52.7 Å². The Hall–Kier alpha value is -9.24. The molecule has 0 spiro atoms. The number of aromatic nitrogens is 4. The van der Waals surface area contributed by atoms with Crippen LogP contribution in [-0.4, -0.2) is 83.5 Å². The Labute approximate surface area is 418 Å². The normalized spacial score (nSPS) is 12.3. The number of aromatic hydroxyl groups is 1. The first-order chi connectivity index (χ1) is 35.4. The summed E-state index contributed by atoms with van der Waals surface area (Å²) >= 11 is 0. The van der Waals surface area contributed by atoms with Crippen molar-refractivity contribution in [2.75, 3.05) is 19.8 Å². The molecule has 5 N–H and O–H groups in total. The van der Waals surface area contributed by atoms with Crippen molar-refractivity contribution in [3.63, 3.8) is 0 Å². The topological polar surface area (TPSA) is 260 Å². The van der Waals surface area contributed by atoms with Crippen molar-refractivity contribution in [2.24, 2.45) is 0 Å². The summed E-state index contributed by atoms with van der Waals surface area (Å²) in [6.07, 6.45) is 5.41. The van der Waals surface area contributed by atoms with Crippen LogP contribution < -0.4 is 36.0 Å². The largest absolute Gasteiger partial charge is 0.505 e. The van der Waals surface area contributed by atoms with E-state index in [0.29, 0.717) is 22.3 Å². The molecule has 6 heterocycles. The molecule has 0 fully saturated rings. The van der Waals surface area contributed by atoms with Crippen LogP contribution in [0.3, 0.4) is 0 Å². The Balaban J connectivity index is 0.000000197. The molecule has 7 aromatic rings. The summed E-state index contributed by atoms with van der Waals surface area (Å²) in [5.74, 6) is -5.98. The molecule has 0 atom stereocenters. The molecule has 4 aromatic heterocycles. The molecule has 2 aliphatic heterocycles. The van der Waals surface area contributed by atoms with Gasteiger partial charge in [-0.15, -0.1) is 0 Å². The summed E-state index contributed by atoms with van der Waals surface area (Å²) in [5, 5.41) is 34.6. The molecule has 2 aliphatic rings. The number of hydrogen-bond acceptors (Lipinski definition) is 14. The van der Waals surface area contributed by atoms with Gasteiger partial charge >= 0.3 is 11.9 Å². The average Bonchev–Trinajstić information content (AvgIpc) is 3.39. The Bertz CT molecular complexity index is 3570. The van der Waals surface area contributed by atoms with Crippen LogP contribution in [0.1, 0.15) is 76.2 Å². The number of carboxylic acids is 1. The second-order valence-electron chi connectivity index (χ2n) is 17.7. The summed E-state index contributed by atoms with van der Waals surface area (Å²) in [6.45, 7) is 6.46. The molecule has 0 unspecified atom stereocenters. The maximum atomic E-state index is 13.6. The van der Waals surface area contributed by atoms with Gasteiger partial charge < -0.3 is 44.9 Å². The van der Waals surface area contributed by atoms with Gasteiger partial charge in [-0.05, 0) is 68.7 Å². The van der Waals surface area contributed by atoms with Crippen LogP contribution in [0.4, 0.5) is 8.78 Å². The molecular formula is C53H46F2N6O13. The number of aliphatic carboxylic acids is 1. The standard InChI is InChI=1S/C28H21FN2O7.C25H25FN4O6/c1-2-36-28(35)21-25(37-15-17-6-4-3-5-7-17)22-23-24(38-20(27(33)34)14-31(23)26(21)32)18(13-30-22)12-16-8-10-19(29)11-9-16;1-25(2,3)29-22(33)16-12-30-19-18(20(32)17(24(30)35)23(34)27-8-9-31)28-11-14(21(19)36-16)10-13-4-6-15(26)7-5-13/h3-11,13-14H,2,12,15H2,1H3,(H,33,34);4-7,11-12,31-32H,8-10H2,1-3H3,(H,27,34)(H,29,33). The van der Waals surface area contributed by atoms with Gasteiger partial charge in [-0.25, -0.2) is 18.4 Å². The molecular weight excluding hydrogens is 967 g/mol. The van der Waals surface area contributed by atoms with Gasteiger partial charge in [-0.3, -0.25) is 38.3 Å². The van der Waals surface area contributed by atoms with E-state index in [0.717, 1.165) is 27.1 Å². The molecule has 19 nitrogen and oxygen atoms in total. The molecule has 380 valence electrons. The maximum Gasteiger partial charge on any atom is 0.373 e. The van der Waals surface area contributed by atoms with Crippen molar-refractivity contribution < 1.29 is 62.2 Å². The Kier molecular flexibility index (Phi) is 14.7. The van der Waals surface area contributed by atoms with Gasteiger partial charge in [0.2, 0.25) is 11.5 Å². The highest BCUT2D eigenvalue weighted by Gasteiger charge is 2.34. The summed E-state index contributed by atoms with van der Waals surface area (Å²) in [4.78, 5) is 86.1. The lowest BCUT2D eigenvalue weighted by atomic mass is 10.0. The van der Waals surface area contributed by atoms with Crippen molar-refractivity contribution in [1.82, 2.24) is 29.7 Å². The van der Waals surface area contributed by atoms with Crippen LogP contribution in [0.15, 0.2) is 112 Å². The Morgan fingerprint density at radius 2 is 1.24 bits per heavy atom. The monoisotopic (exact) mass is 1010 g/mol. The van der Waals surface area contributed by atoms with Gasteiger partial charge in [0.25, 0.3) is 22.9 Å². The molecule has 9 rings (SSSR count). The third kappa shape index (κ3) is 10.7. The number of benzene rings is 3. The Morgan fingerprint density at radius 1 is 0.716 bits per heavy atom. The van der Waals surface area contributed by atoms with Crippen molar-refractivity contribution in [3.05, 3.63) is 174 Å². The number of amides is 2. The fraction of sp³-hybridized carbons (Fsp3) is 0.208. The van der Waals surface area contributed by atoms with Crippen molar-refractivity contribution in [3.8, 4) is 23.0 Å². The van der Waals surface area contributed by atoms with Gasteiger partial charge in [-0.2, -0.15) is 0 Å². The molecule has 3 aromatic carbocycles. The number of carbonyl (C=O) groups excluding carboxylic acids is 3. The lowest BCUT2D eigenvalue weighted by Crippen LogP contribution is -2.43. The lowest BCUT2D eigenvalue weighted by Gasteiger charge is -2.25. The van der Waals surface area contributed by atoms with Gasteiger partial charge in [0, 0.05) is 48.4 Å². The van der Waals surface area contributed by atoms with E-state index in [-0.39, 0.29) is 84.3 Å². The van der Waals surface area contributed by atoms with Crippen LogP contribution in [0, 0.1) is 11.6 Å². The minimum Gasteiger partial charge on any atom is -0.505 e. The quantitative estimate of drug-likeness (QED) is 0.0805. The van der Waals surface area contributed by atoms with Crippen LogP contribution in [0.25, 0.3) is 34.5 Å². The van der Waals surface area contributed by atoms with Crippen molar-refractivity contribution >= 4 is 58.2 Å². The Morgan fingerprint density at radius 3 is 1.78 bits per heavy atom. The number of aliphatic hydroxyl groups excluding tert-OH is 1. The number of halogens is 2. The van der Waals surface area contributed by atoms with Crippen molar-refractivity contribution in [1.29, 1.82) is 0 Å². The fourth-order valence-corrected chi connectivity index (χ4v) is 7.91. The maximum absolute atomic E-state index is 13.6. The predicted octanol–water partition coefficient (Wildman–Crippen LogP) is 5.82. The number of esters is 1. The number of carbonyl (C=O) groups is 4. The van der Waals surface area contributed by atoms with Gasteiger partial charge in [0.1, 0.15) is 45.9 Å². The number of carboxylic acid groups (broad SMARTS) is 1. The third-order valence-electron chi connectivity index (χ3n) is 11.2. The highest BCUT2D eigenvalue weighted by atomic mass is 19.1. The van der Waals surface area contributed by atoms with E-state index in [1.165, 1.54) is 36.7 Å². The first-order valence-corrected chi connectivity index (χ1v) is 22.8. The minimum atomic E-state index is -1.41. The molecule has 0 radical (unpaired) electrons. The van der Waals surface area contributed by atoms with Gasteiger partial charge in [0.15, 0.2) is 28.6 Å². The van der Waals surface area contributed by atoms with Crippen LogP contribution in [-0.2, 0) is 33.8 Å². The average molecular weight is 1010 g/mol. The summed E-state index contributed by atoms with van der Waals surface area (Å²) in [6, 6.07) is 20.7. The van der Waals surface area contributed by atoms with E-state index in [1.807, 2.05) is 30.3 Å². The molecule has 2 amide bonds. The van der Waals surface area contributed by atoms with E-state index >= 15 is 0 Å². The molecule has 0 saturated heterocycles. The second kappa shape index (κ2) is 21.2. The third-order valence-corrected chi connectivity index (χ3v) is 11.2. The van der Waals surface area contributed by atoms with Crippen LogP contribution in [0.2, 0.25) is 0 Å². The van der Waals surface area contributed by atoms with E-state index < -0.39 is 74.7 Å². The smallest absolute Gasteiger partial charge is 0.373 e.